The van der Waals surface area contributed by atoms with Gasteiger partial charge in [-0.3, -0.25) is 0 Å². The minimum atomic E-state index is 1.10. The molecule has 0 aliphatic heterocycles. The number of fused-ring (bicyclic) bond motifs is 10. The van der Waals surface area contributed by atoms with Crippen LogP contribution >= 0.6 is 22.7 Å². The van der Waals surface area contributed by atoms with Crippen molar-refractivity contribution in [1.29, 1.82) is 0 Å². The number of hydrogen-bond acceptors (Lipinski definition) is 3. The van der Waals surface area contributed by atoms with Gasteiger partial charge in [-0.25, -0.2) is 0 Å². The Labute approximate surface area is 378 Å². The molecular weight excluding hydrogens is 813 g/mol. The number of benzene rings is 10. The van der Waals surface area contributed by atoms with Crippen molar-refractivity contribution in [2.75, 3.05) is 4.90 Å². The molecule has 2 nitrogen and oxygen atoms in total. The van der Waals surface area contributed by atoms with E-state index in [1.165, 1.54) is 101 Å². The van der Waals surface area contributed by atoms with Gasteiger partial charge in [0.2, 0.25) is 0 Å². The van der Waals surface area contributed by atoms with Crippen LogP contribution in [0, 0.1) is 0 Å². The summed E-state index contributed by atoms with van der Waals surface area (Å²) in [5, 5.41) is 7.74. The topological polar surface area (TPSA) is 8.17 Å². The molecular formula is C60H38N2S2. The lowest BCUT2D eigenvalue weighted by Gasteiger charge is -2.26. The molecule has 0 atom stereocenters. The van der Waals surface area contributed by atoms with Crippen molar-refractivity contribution in [2.45, 2.75) is 0 Å². The number of hydrogen-bond donors (Lipinski definition) is 0. The number of rotatable bonds is 7. The van der Waals surface area contributed by atoms with E-state index in [1.54, 1.807) is 0 Å². The highest BCUT2D eigenvalue weighted by Crippen LogP contribution is 2.48. The highest BCUT2D eigenvalue weighted by atomic mass is 32.1. The van der Waals surface area contributed by atoms with Crippen molar-refractivity contribution < 1.29 is 0 Å². The number of aromatic nitrogens is 1. The van der Waals surface area contributed by atoms with E-state index in [9.17, 15) is 0 Å². The summed E-state index contributed by atoms with van der Waals surface area (Å²) < 4.78 is 7.76. The minimum Gasteiger partial charge on any atom is -0.311 e. The fourth-order valence-electron chi connectivity index (χ4n) is 9.78. The number of nitrogens with zero attached hydrogens (tertiary/aromatic N) is 2. The first-order valence-corrected chi connectivity index (χ1v) is 23.4. The first kappa shape index (κ1) is 36.9. The summed E-state index contributed by atoms with van der Waals surface area (Å²) in [6.07, 6.45) is 0. The first-order chi connectivity index (χ1) is 31.7. The van der Waals surface area contributed by atoms with Crippen LogP contribution in [0.1, 0.15) is 0 Å². The van der Waals surface area contributed by atoms with Crippen LogP contribution < -0.4 is 4.90 Å². The number of para-hydroxylation sites is 1. The molecule has 0 saturated heterocycles. The van der Waals surface area contributed by atoms with Gasteiger partial charge in [0.15, 0.2) is 0 Å². The second-order valence-electron chi connectivity index (χ2n) is 16.5. The third-order valence-electron chi connectivity index (χ3n) is 12.8. The monoisotopic (exact) mass is 850 g/mol. The molecule has 300 valence electrons. The van der Waals surface area contributed by atoms with Gasteiger partial charge in [0.05, 0.1) is 11.0 Å². The average molecular weight is 851 g/mol. The minimum absolute atomic E-state index is 1.10. The Morgan fingerprint density at radius 2 is 0.812 bits per heavy atom. The lowest BCUT2D eigenvalue weighted by molar-refractivity contribution is 1.19. The highest BCUT2D eigenvalue weighted by Gasteiger charge is 2.22. The van der Waals surface area contributed by atoms with Crippen LogP contribution in [0.5, 0.6) is 0 Å². The van der Waals surface area contributed by atoms with Crippen LogP contribution in [0.2, 0.25) is 0 Å². The number of anilines is 3. The molecule has 0 aliphatic carbocycles. The fraction of sp³-hybridized carbons (Fsp3) is 0. The van der Waals surface area contributed by atoms with Gasteiger partial charge in [-0.1, -0.05) is 152 Å². The zero-order valence-electron chi connectivity index (χ0n) is 34.7. The van der Waals surface area contributed by atoms with Gasteiger partial charge in [0.25, 0.3) is 0 Å². The molecule has 3 aromatic heterocycles. The second-order valence-corrected chi connectivity index (χ2v) is 18.6. The summed E-state index contributed by atoms with van der Waals surface area (Å²) in [4.78, 5) is 2.37. The molecule has 10 aromatic carbocycles. The van der Waals surface area contributed by atoms with Crippen LogP contribution in [0.3, 0.4) is 0 Å². The predicted molar refractivity (Wildman–Crippen MR) is 278 cm³/mol. The summed E-state index contributed by atoms with van der Waals surface area (Å²) in [5.74, 6) is 0. The maximum atomic E-state index is 2.52. The quantitative estimate of drug-likeness (QED) is 0.155. The fourth-order valence-corrected chi connectivity index (χ4v) is 12.1. The van der Waals surface area contributed by atoms with Gasteiger partial charge in [0.1, 0.15) is 0 Å². The molecule has 0 unspecified atom stereocenters. The van der Waals surface area contributed by atoms with Gasteiger partial charge in [-0.2, -0.15) is 0 Å². The Morgan fingerprint density at radius 1 is 0.328 bits per heavy atom. The molecule has 4 heteroatoms. The van der Waals surface area contributed by atoms with Crippen molar-refractivity contribution in [3.8, 4) is 39.1 Å². The third kappa shape index (κ3) is 5.99. The molecule has 0 fully saturated rings. The summed E-state index contributed by atoms with van der Waals surface area (Å²) in [5.41, 5.74) is 14.2. The predicted octanol–water partition coefficient (Wildman–Crippen LogP) is 18.0. The van der Waals surface area contributed by atoms with E-state index < -0.39 is 0 Å². The third-order valence-corrected chi connectivity index (χ3v) is 15.2. The van der Waals surface area contributed by atoms with Crippen molar-refractivity contribution in [3.63, 3.8) is 0 Å². The van der Waals surface area contributed by atoms with E-state index in [1.807, 2.05) is 22.7 Å². The average Bonchev–Trinajstić information content (AvgIpc) is 4.05. The summed E-state index contributed by atoms with van der Waals surface area (Å²) >= 11 is 3.77. The van der Waals surface area contributed by atoms with Crippen LogP contribution in [0.25, 0.3) is 101 Å². The molecule has 0 amide bonds. The lowest BCUT2D eigenvalue weighted by atomic mass is 9.98. The Morgan fingerprint density at radius 3 is 1.44 bits per heavy atom. The van der Waals surface area contributed by atoms with Crippen molar-refractivity contribution in [1.82, 2.24) is 4.57 Å². The van der Waals surface area contributed by atoms with Crippen LogP contribution in [0.4, 0.5) is 17.1 Å². The number of thiophene rings is 2. The van der Waals surface area contributed by atoms with Gasteiger partial charge in [0, 0.05) is 79.4 Å². The zero-order valence-corrected chi connectivity index (χ0v) is 36.3. The molecule has 0 N–H and O–H groups in total. The maximum Gasteiger partial charge on any atom is 0.0634 e. The zero-order chi connectivity index (χ0) is 42.1. The van der Waals surface area contributed by atoms with E-state index in [4.69, 9.17) is 0 Å². The summed E-state index contributed by atoms with van der Waals surface area (Å²) in [6.45, 7) is 0. The maximum absolute atomic E-state index is 2.52. The van der Waals surface area contributed by atoms with Gasteiger partial charge in [-0.15, -0.1) is 22.7 Å². The molecule has 13 aromatic rings. The molecule has 13 rings (SSSR count). The first-order valence-electron chi connectivity index (χ1n) is 21.7. The molecule has 0 radical (unpaired) electrons. The van der Waals surface area contributed by atoms with E-state index in [2.05, 4.69) is 240 Å². The largest absolute Gasteiger partial charge is 0.311 e. The van der Waals surface area contributed by atoms with Gasteiger partial charge < -0.3 is 9.47 Å². The van der Waals surface area contributed by atoms with Crippen molar-refractivity contribution in [2.24, 2.45) is 0 Å². The summed E-state index contributed by atoms with van der Waals surface area (Å²) in [7, 11) is 0. The Hall–Kier alpha value is -7.76. The Bertz CT molecular complexity index is 3780. The van der Waals surface area contributed by atoms with E-state index in [0.29, 0.717) is 0 Å². The lowest BCUT2D eigenvalue weighted by Crippen LogP contribution is -2.09. The van der Waals surface area contributed by atoms with Crippen LogP contribution in [-0.2, 0) is 0 Å². The molecule has 3 heterocycles. The SMILES string of the molecule is c1ccc(-c2ccc(N(c3ccc(-c4ccccc4)cc3)c3ccc(-c4cc5c6ccccc6n(-c6ccc7sc8ccccc8c7c6)c5c5c4sc4ccccc45)cc3)cc2)cc1. The normalized spacial score (nSPS) is 11.8. The molecule has 0 spiro atoms. The molecule has 0 bridgehead atoms. The molecule has 64 heavy (non-hydrogen) atoms. The van der Waals surface area contributed by atoms with Gasteiger partial charge in [-0.05, 0) is 107 Å². The van der Waals surface area contributed by atoms with E-state index in [0.717, 1.165) is 17.1 Å². The highest BCUT2D eigenvalue weighted by molar-refractivity contribution is 7.26. The smallest absolute Gasteiger partial charge is 0.0634 e. The van der Waals surface area contributed by atoms with E-state index in [-0.39, 0.29) is 0 Å². The standard InChI is InChI=1S/C60H38N2S2/c1-3-13-39(14-4-1)41-23-29-44(30-24-41)61(45-31-25-42(26-32-45)40-15-5-2-6-16-40)46-33-27-43(28-34-46)51-38-53-48-17-7-10-20-54(48)62(59(53)58-50-19-9-12-22-56(50)64-60(51)58)47-35-36-57-52(37-47)49-18-8-11-21-55(49)63-57/h1-38H. The summed E-state index contributed by atoms with van der Waals surface area (Å²) in [6, 6.07) is 84.5. The Kier molecular flexibility index (Phi) is 8.61. The molecule has 0 saturated carbocycles. The van der Waals surface area contributed by atoms with Crippen LogP contribution in [-0.4, -0.2) is 4.57 Å². The van der Waals surface area contributed by atoms with Crippen molar-refractivity contribution in [3.05, 3.63) is 231 Å². The van der Waals surface area contributed by atoms with Crippen LogP contribution in [0.15, 0.2) is 231 Å². The van der Waals surface area contributed by atoms with E-state index >= 15 is 0 Å². The van der Waals surface area contributed by atoms with Gasteiger partial charge >= 0.3 is 0 Å². The van der Waals surface area contributed by atoms with Crippen molar-refractivity contribution >= 4 is 102 Å². The Balaban J connectivity index is 0.981. The molecule has 0 aliphatic rings. The second kappa shape index (κ2) is 15.0.